The molecule has 0 amide bonds. The second-order valence-corrected chi connectivity index (χ2v) is 7.89. The van der Waals surface area contributed by atoms with Gasteiger partial charge in [0.1, 0.15) is 5.75 Å². The van der Waals surface area contributed by atoms with Gasteiger partial charge in [-0.25, -0.2) is 0 Å². The summed E-state index contributed by atoms with van der Waals surface area (Å²) in [4.78, 5) is 2.60. The van der Waals surface area contributed by atoms with Crippen LogP contribution in [0.2, 0.25) is 5.02 Å². The van der Waals surface area contributed by atoms with Crippen LogP contribution in [0.15, 0.2) is 42.5 Å². The van der Waals surface area contributed by atoms with Gasteiger partial charge in [0.15, 0.2) is 0 Å². The van der Waals surface area contributed by atoms with Crippen molar-refractivity contribution in [2.24, 2.45) is 5.41 Å². The Balaban J connectivity index is 1.62. The summed E-state index contributed by atoms with van der Waals surface area (Å²) in [5, 5.41) is 0.818. The van der Waals surface area contributed by atoms with Crippen molar-refractivity contribution in [3.63, 3.8) is 0 Å². The molecular weight excluding hydrogens is 318 g/mol. The van der Waals surface area contributed by atoms with Gasteiger partial charge in [-0.1, -0.05) is 54.9 Å². The van der Waals surface area contributed by atoms with E-state index in [1.54, 1.807) is 7.11 Å². The normalized spacial score (nSPS) is 26.0. The zero-order chi connectivity index (χ0) is 16.7. The van der Waals surface area contributed by atoms with Crippen molar-refractivity contribution in [3.8, 4) is 5.75 Å². The fourth-order valence-electron chi connectivity index (χ4n) is 4.62. The zero-order valence-corrected chi connectivity index (χ0v) is 15.1. The van der Waals surface area contributed by atoms with Gasteiger partial charge in [0.25, 0.3) is 0 Å². The quantitative estimate of drug-likeness (QED) is 0.787. The minimum Gasteiger partial charge on any atom is -0.495 e. The van der Waals surface area contributed by atoms with Crippen LogP contribution in [0.4, 0.5) is 0 Å². The van der Waals surface area contributed by atoms with E-state index in [2.05, 4.69) is 48.2 Å². The van der Waals surface area contributed by atoms with Crippen molar-refractivity contribution in [3.05, 3.63) is 64.2 Å². The first kappa shape index (κ1) is 16.0. The summed E-state index contributed by atoms with van der Waals surface area (Å²) in [6, 6.07) is 15.1. The molecule has 0 saturated carbocycles. The Kier molecular flexibility index (Phi) is 4.06. The van der Waals surface area contributed by atoms with Crippen LogP contribution in [-0.2, 0) is 13.0 Å². The average Bonchev–Trinajstić information content (AvgIpc) is 2.92. The van der Waals surface area contributed by atoms with Gasteiger partial charge in [-0.15, -0.1) is 0 Å². The van der Waals surface area contributed by atoms with Gasteiger partial charge in [0.2, 0.25) is 0 Å². The summed E-state index contributed by atoms with van der Waals surface area (Å²) in [7, 11) is 1.69. The molecule has 2 unspecified atom stereocenters. The van der Waals surface area contributed by atoms with Crippen LogP contribution in [-0.4, -0.2) is 25.1 Å². The van der Waals surface area contributed by atoms with Crippen LogP contribution in [0.25, 0.3) is 0 Å². The Bertz CT molecular complexity index is 745. The standard InChI is InChI=1S/C21H24ClNO/c1-21-11-10-17-16(8-9-19(24-2)20(17)22)18(21)13-23(14-21)12-15-6-4-3-5-7-15/h3-9,18H,10-14H2,1-2H3. The van der Waals surface area contributed by atoms with E-state index in [0.717, 1.165) is 36.8 Å². The van der Waals surface area contributed by atoms with E-state index >= 15 is 0 Å². The predicted molar refractivity (Wildman–Crippen MR) is 98.9 cm³/mol. The minimum atomic E-state index is 0.347. The molecule has 2 atom stereocenters. The number of hydrogen-bond donors (Lipinski definition) is 0. The molecule has 0 spiro atoms. The number of nitrogens with zero attached hydrogens (tertiary/aromatic N) is 1. The maximum Gasteiger partial charge on any atom is 0.137 e. The lowest BCUT2D eigenvalue weighted by Crippen LogP contribution is -2.30. The molecule has 2 aliphatic rings. The number of rotatable bonds is 3. The fourth-order valence-corrected chi connectivity index (χ4v) is 4.96. The third kappa shape index (κ3) is 2.62. The summed E-state index contributed by atoms with van der Waals surface area (Å²) in [5.41, 5.74) is 4.48. The molecule has 2 nitrogen and oxygen atoms in total. The lowest BCUT2D eigenvalue weighted by atomic mass is 9.67. The third-order valence-electron chi connectivity index (χ3n) is 5.90. The topological polar surface area (TPSA) is 12.5 Å². The molecule has 0 N–H and O–H groups in total. The van der Waals surface area contributed by atoms with E-state index in [4.69, 9.17) is 16.3 Å². The van der Waals surface area contributed by atoms with E-state index in [1.165, 1.54) is 23.1 Å². The first-order chi connectivity index (χ1) is 11.6. The number of methoxy groups -OCH3 is 1. The molecule has 0 aromatic heterocycles. The van der Waals surface area contributed by atoms with Crippen molar-refractivity contribution in [2.45, 2.75) is 32.2 Å². The van der Waals surface area contributed by atoms with Crippen LogP contribution in [0.1, 0.15) is 36.0 Å². The van der Waals surface area contributed by atoms with Crippen molar-refractivity contribution >= 4 is 11.6 Å². The summed E-state index contributed by atoms with van der Waals surface area (Å²) in [6.45, 7) is 5.76. The number of ether oxygens (including phenoxy) is 1. The van der Waals surface area contributed by atoms with Crippen LogP contribution in [0, 0.1) is 5.41 Å². The molecule has 1 fully saturated rings. The summed E-state index contributed by atoms with van der Waals surface area (Å²) < 4.78 is 5.41. The van der Waals surface area contributed by atoms with Gasteiger partial charge < -0.3 is 4.74 Å². The first-order valence-corrected chi connectivity index (χ1v) is 9.10. The highest BCUT2D eigenvalue weighted by Gasteiger charge is 2.46. The zero-order valence-electron chi connectivity index (χ0n) is 14.4. The Morgan fingerprint density at radius 3 is 2.75 bits per heavy atom. The molecule has 2 aromatic carbocycles. The maximum atomic E-state index is 6.59. The fraction of sp³-hybridized carbons (Fsp3) is 0.429. The number of likely N-dealkylation sites (tertiary alicyclic amines) is 1. The molecule has 2 aromatic rings. The Morgan fingerprint density at radius 2 is 2.00 bits per heavy atom. The van der Waals surface area contributed by atoms with Crippen LogP contribution in [0.3, 0.4) is 0 Å². The van der Waals surface area contributed by atoms with E-state index in [9.17, 15) is 0 Å². The van der Waals surface area contributed by atoms with Gasteiger partial charge in [-0.3, -0.25) is 4.90 Å². The smallest absolute Gasteiger partial charge is 0.137 e. The number of hydrogen-bond acceptors (Lipinski definition) is 2. The van der Waals surface area contributed by atoms with E-state index in [1.807, 2.05) is 6.07 Å². The minimum absolute atomic E-state index is 0.347. The second kappa shape index (κ2) is 6.09. The highest BCUT2D eigenvalue weighted by atomic mass is 35.5. The van der Waals surface area contributed by atoms with Gasteiger partial charge in [0.05, 0.1) is 12.1 Å². The number of halogens is 1. The molecule has 1 aliphatic heterocycles. The van der Waals surface area contributed by atoms with E-state index in [0.29, 0.717) is 11.3 Å². The Morgan fingerprint density at radius 1 is 1.21 bits per heavy atom. The number of fused-ring (bicyclic) bond motifs is 3. The summed E-state index contributed by atoms with van der Waals surface area (Å²) in [6.07, 6.45) is 2.25. The second-order valence-electron chi connectivity index (χ2n) is 7.51. The molecular formula is C21H24ClNO. The molecule has 0 radical (unpaired) electrons. The third-order valence-corrected chi connectivity index (χ3v) is 6.32. The molecule has 1 aliphatic carbocycles. The van der Waals surface area contributed by atoms with Crippen LogP contribution in [0.5, 0.6) is 5.75 Å². The van der Waals surface area contributed by atoms with Crippen LogP contribution >= 0.6 is 11.6 Å². The molecule has 1 heterocycles. The lowest BCUT2D eigenvalue weighted by molar-refractivity contribution is 0.240. The Labute approximate surface area is 149 Å². The molecule has 24 heavy (non-hydrogen) atoms. The van der Waals surface area contributed by atoms with Crippen molar-refractivity contribution < 1.29 is 4.74 Å². The van der Waals surface area contributed by atoms with E-state index < -0.39 is 0 Å². The van der Waals surface area contributed by atoms with Crippen LogP contribution < -0.4 is 4.74 Å². The SMILES string of the molecule is COc1ccc2c(c1Cl)CCC1(C)CN(Cc3ccccc3)CC21. The van der Waals surface area contributed by atoms with Gasteiger partial charge >= 0.3 is 0 Å². The number of benzene rings is 2. The van der Waals surface area contributed by atoms with Crippen molar-refractivity contribution in [1.29, 1.82) is 0 Å². The average molecular weight is 342 g/mol. The Hall–Kier alpha value is -1.51. The van der Waals surface area contributed by atoms with Gasteiger partial charge in [0, 0.05) is 25.6 Å². The monoisotopic (exact) mass is 341 g/mol. The summed E-state index contributed by atoms with van der Waals surface area (Å²) in [5.74, 6) is 1.37. The molecule has 126 valence electrons. The molecule has 3 heteroatoms. The summed E-state index contributed by atoms with van der Waals surface area (Å²) >= 11 is 6.59. The lowest BCUT2D eigenvalue weighted by Gasteiger charge is -2.37. The van der Waals surface area contributed by atoms with Gasteiger partial charge in [-0.2, -0.15) is 0 Å². The first-order valence-electron chi connectivity index (χ1n) is 8.72. The van der Waals surface area contributed by atoms with E-state index in [-0.39, 0.29) is 0 Å². The molecule has 1 saturated heterocycles. The van der Waals surface area contributed by atoms with Crippen molar-refractivity contribution in [1.82, 2.24) is 4.90 Å². The van der Waals surface area contributed by atoms with Crippen molar-refractivity contribution in [2.75, 3.05) is 20.2 Å². The van der Waals surface area contributed by atoms with Gasteiger partial charge in [-0.05, 0) is 41.0 Å². The maximum absolute atomic E-state index is 6.59. The largest absolute Gasteiger partial charge is 0.495 e. The molecule has 4 rings (SSSR count). The molecule has 0 bridgehead atoms. The highest BCUT2D eigenvalue weighted by Crippen LogP contribution is 2.52. The predicted octanol–water partition coefficient (Wildman–Crippen LogP) is 4.90. The highest BCUT2D eigenvalue weighted by molar-refractivity contribution is 6.33.